The molecular weight excluding hydrogens is 276 g/mol. The molecule has 0 saturated carbocycles. The smallest absolute Gasteiger partial charge is 0.339 e. The van der Waals surface area contributed by atoms with Gasteiger partial charge < -0.3 is 15.2 Å². The molecular formula is C14H18N2O5. The maximum Gasteiger partial charge on any atom is 0.339 e. The van der Waals surface area contributed by atoms with E-state index in [1.165, 1.54) is 12.1 Å². The molecule has 0 atom stereocenters. The van der Waals surface area contributed by atoms with Crippen LogP contribution in [0.4, 0.5) is 4.79 Å². The third kappa shape index (κ3) is 5.52. The van der Waals surface area contributed by atoms with Crippen molar-refractivity contribution in [2.75, 3.05) is 13.2 Å². The second-order valence-electron chi connectivity index (χ2n) is 4.40. The second-order valence-corrected chi connectivity index (χ2v) is 4.40. The van der Waals surface area contributed by atoms with Crippen LogP contribution in [-0.2, 0) is 4.79 Å². The van der Waals surface area contributed by atoms with Crippen molar-refractivity contribution in [2.45, 2.75) is 20.3 Å². The van der Waals surface area contributed by atoms with Gasteiger partial charge in [-0.05, 0) is 25.5 Å². The highest BCUT2D eigenvalue weighted by Crippen LogP contribution is 2.19. The van der Waals surface area contributed by atoms with Crippen molar-refractivity contribution in [1.82, 2.24) is 10.6 Å². The van der Waals surface area contributed by atoms with Crippen LogP contribution in [0.15, 0.2) is 18.2 Å². The van der Waals surface area contributed by atoms with Gasteiger partial charge in [0.15, 0.2) is 6.61 Å². The summed E-state index contributed by atoms with van der Waals surface area (Å²) >= 11 is 0. The molecule has 7 nitrogen and oxygen atoms in total. The number of urea groups is 1. The fraction of sp³-hybridized carbons (Fsp3) is 0.357. The van der Waals surface area contributed by atoms with E-state index >= 15 is 0 Å². The molecule has 0 heterocycles. The number of imide groups is 1. The summed E-state index contributed by atoms with van der Waals surface area (Å²) in [4.78, 5) is 33.8. The summed E-state index contributed by atoms with van der Waals surface area (Å²) in [5.41, 5.74) is 0.737. The third-order valence-electron chi connectivity index (χ3n) is 2.51. The number of hydrogen-bond acceptors (Lipinski definition) is 4. The van der Waals surface area contributed by atoms with Crippen LogP contribution in [0.25, 0.3) is 0 Å². The Labute approximate surface area is 122 Å². The number of ether oxygens (including phenoxy) is 1. The van der Waals surface area contributed by atoms with Gasteiger partial charge >= 0.3 is 12.0 Å². The van der Waals surface area contributed by atoms with Crippen LogP contribution in [-0.4, -0.2) is 36.2 Å². The molecule has 0 radical (unpaired) electrons. The quantitative estimate of drug-likeness (QED) is 0.733. The van der Waals surface area contributed by atoms with Gasteiger partial charge in [-0.15, -0.1) is 0 Å². The van der Waals surface area contributed by atoms with Crippen molar-refractivity contribution in [1.29, 1.82) is 0 Å². The highest BCUT2D eigenvalue weighted by molar-refractivity contribution is 5.95. The minimum Gasteiger partial charge on any atom is -0.483 e. The van der Waals surface area contributed by atoms with E-state index in [0.717, 1.165) is 12.0 Å². The minimum absolute atomic E-state index is 0.0294. The molecule has 21 heavy (non-hydrogen) atoms. The van der Waals surface area contributed by atoms with Crippen molar-refractivity contribution < 1.29 is 24.2 Å². The number of amides is 3. The van der Waals surface area contributed by atoms with Gasteiger partial charge in [0.25, 0.3) is 5.91 Å². The standard InChI is InChI=1S/C14H18N2O5/c1-3-6-15-14(20)16-12(17)8-21-11-5-4-9(2)7-10(11)13(18)19/h4-5,7H,3,6,8H2,1-2H3,(H,18,19)(H2,15,16,17,20). The number of aryl methyl sites for hydroxylation is 1. The first kappa shape index (κ1) is 16.5. The Kier molecular flexibility index (Phi) is 6.19. The van der Waals surface area contributed by atoms with Gasteiger partial charge in [-0.2, -0.15) is 0 Å². The molecule has 0 spiro atoms. The Bertz CT molecular complexity index is 542. The lowest BCUT2D eigenvalue weighted by molar-refractivity contribution is -0.122. The largest absolute Gasteiger partial charge is 0.483 e. The molecule has 1 aromatic rings. The van der Waals surface area contributed by atoms with Gasteiger partial charge in [-0.25, -0.2) is 9.59 Å². The van der Waals surface area contributed by atoms with Gasteiger partial charge in [0.2, 0.25) is 0 Å². The highest BCUT2D eigenvalue weighted by atomic mass is 16.5. The number of aromatic carboxylic acids is 1. The Morgan fingerprint density at radius 1 is 1.29 bits per heavy atom. The monoisotopic (exact) mass is 294 g/mol. The van der Waals surface area contributed by atoms with E-state index in [4.69, 9.17) is 9.84 Å². The van der Waals surface area contributed by atoms with E-state index in [9.17, 15) is 14.4 Å². The number of carboxylic acid groups (broad SMARTS) is 1. The molecule has 0 fully saturated rings. The summed E-state index contributed by atoms with van der Waals surface area (Å²) < 4.78 is 5.15. The minimum atomic E-state index is -1.14. The van der Waals surface area contributed by atoms with Gasteiger partial charge in [-0.1, -0.05) is 18.6 Å². The molecule has 3 N–H and O–H groups in total. The molecule has 0 aromatic heterocycles. The highest BCUT2D eigenvalue weighted by Gasteiger charge is 2.13. The number of benzene rings is 1. The second kappa shape index (κ2) is 7.88. The number of hydrogen-bond donors (Lipinski definition) is 3. The van der Waals surface area contributed by atoms with Gasteiger partial charge in [-0.3, -0.25) is 10.1 Å². The zero-order valence-corrected chi connectivity index (χ0v) is 11.9. The molecule has 0 unspecified atom stereocenters. The maximum absolute atomic E-state index is 11.5. The third-order valence-corrected chi connectivity index (χ3v) is 2.51. The van der Waals surface area contributed by atoms with Crippen LogP contribution in [0.1, 0.15) is 29.3 Å². The Morgan fingerprint density at radius 3 is 2.62 bits per heavy atom. The summed E-state index contributed by atoms with van der Waals surface area (Å²) in [5.74, 6) is -1.72. The number of rotatable bonds is 6. The van der Waals surface area contributed by atoms with Gasteiger partial charge in [0.05, 0.1) is 0 Å². The van der Waals surface area contributed by atoms with Gasteiger partial charge in [0, 0.05) is 6.54 Å². The molecule has 114 valence electrons. The predicted octanol–water partition coefficient (Wildman–Crippen LogP) is 1.31. The Balaban J connectivity index is 2.57. The summed E-state index contributed by atoms with van der Waals surface area (Å²) in [5, 5.41) is 13.6. The van der Waals surface area contributed by atoms with Crippen LogP contribution in [0.5, 0.6) is 5.75 Å². The zero-order chi connectivity index (χ0) is 15.8. The van der Waals surface area contributed by atoms with E-state index in [1.807, 2.05) is 6.92 Å². The van der Waals surface area contributed by atoms with Gasteiger partial charge in [0.1, 0.15) is 11.3 Å². The molecule has 1 aromatic carbocycles. The van der Waals surface area contributed by atoms with E-state index < -0.39 is 24.5 Å². The number of carboxylic acids is 1. The van der Waals surface area contributed by atoms with E-state index in [0.29, 0.717) is 6.54 Å². The predicted molar refractivity (Wildman–Crippen MR) is 75.5 cm³/mol. The van der Waals surface area contributed by atoms with Crippen molar-refractivity contribution in [3.8, 4) is 5.75 Å². The summed E-state index contributed by atoms with van der Waals surface area (Å²) in [6, 6.07) is 3.99. The van der Waals surface area contributed by atoms with Crippen LogP contribution in [0.2, 0.25) is 0 Å². The fourth-order valence-corrected chi connectivity index (χ4v) is 1.53. The molecule has 0 aliphatic carbocycles. The first-order valence-electron chi connectivity index (χ1n) is 6.48. The van der Waals surface area contributed by atoms with Crippen LogP contribution in [0.3, 0.4) is 0 Å². The Hall–Kier alpha value is -2.57. The van der Waals surface area contributed by atoms with E-state index in [1.54, 1.807) is 13.0 Å². The average Bonchev–Trinajstić information content (AvgIpc) is 2.43. The van der Waals surface area contributed by atoms with Crippen molar-refractivity contribution in [3.63, 3.8) is 0 Å². The van der Waals surface area contributed by atoms with Crippen molar-refractivity contribution in [2.24, 2.45) is 0 Å². The first-order chi connectivity index (χ1) is 9.93. The van der Waals surface area contributed by atoms with E-state index in [-0.39, 0.29) is 11.3 Å². The van der Waals surface area contributed by atoms with Crippen LogP contribution >= 0.6 is 0 Å². The molecule has 0 aliphatic rings. The number of carbonyl (C=O) groups excluding carboxylic acids is 2. The van der Waals surface area contributed by atoms with Crippen molar-refractivity contribution >= 4 is 17.9 Å². The topological polar surface area (TPSA) is 105 Å². The summed E-state index contributed by atoms with van der Waals surface area (Å²) in [7, 11) is 0. The lowest BCUT2D eigenvalue weighted by atomic mass is 10.1. The molecule has 3 amide bonds. The summed E-state index contributed by atoms with van der Waals surface area (Å²) in [6.45, 7) is 3.65. The zero-order valence-electron chi connectivity index (χ0n) is 11.9. The molecule has 7 heteroatoms. The van der Waals surface area contributed by atoms with Crippen LogP contribution < -0.4 is 15.4 Å². The molecule has 1 rings (SSSR count). The van der Waals surface area contributed by atoms with Crippen molar-refractivity contribution in [3.05, 3.63) is 29.3 Å². The number of carbonyl (C=O) groups is 3. The molecule has 0 saturated heterocycles. The molecule has 0 bridgehead atoms. The SMILES string of the molecule is CCCNC(=O)NC(=O)COc1ccc(C)cc1C(=O)O. The van der Waals surface area contributed by atoms with Crippen LogP contribution in [0, 0.1) is 6.92 Å². The normalized spacial score (nSPS) is 9.81. The number of nitrogens with one attached hydrogen (secondary N) is 2. The Morgan fingerprint density at radius 2 is 2.00 bits per heavy atom. The van der Waals surface area contributed by atoms with E-state index in [2.05, 4.69) is 10.6 Å². The fourth-order valence-electron chi connectivity index (χ4n) is 1.53. The first-order valence-corrected chi connectivity index (χ1v) is 6.48. The maximum atomic E-state index is 11.5. The molecule has 0 aliphatic heterocycles. The summed E-state index contributed by atoms with van der Waals surface area (Å²) in [6.07, 6.45) is 0.753. The average molecular weight is 294 g/mol. The lowest BCUT2D eigenvalue weighted by Crippen LogP contribution is -2.41. The lowest BCUT2D eigenvalue weighted by Gasteiger charge is -2.10.